The van der Waals surface area contributed by atoms with Crippen LogP contribution in [-0.4, -0.2) is 30.4 Å². The van der Waals surface area contributed by atoms with Crippen LogP contribution in [0, 0.1) is 6.92 Å². The zero-order valence-corrected chi connectivity index (χ0v) is 21.5. The van der Waals surface area contributed by atoms with E-state index in [0.717, 1.165) is 27.0 Å². The van der Waals surface area contributed by atoms with Crippen molar-refractivity contribution in [1.29, 1.82) is 0 Å². The average Bonchev–Trinajstić information content (AvgIpc) is 2.71. The highest BCUT2D eigenvalue weighted by Gasteiger charge is 2.38. The Hall–Kier alpha value is -2.64. The van der Waals surface area contributed by atoms with Gasteiger partial charge in [0.15, 0.2) is 0 Å². The normalized spacial score (nSPS) is 21.4. The first-order chi connectivity index (χ1) is 15.4. The summed E-state index contributed by atoms with van der Waals surface area (Å²) >= 11 is 9.99. The summed E-state index contributed by atoms with van der Waals surface area (Å²) < 4.78 is 0.823. The third-order valence-electron chi connectivity index (χ3n) is 6.55. The van der Waals surface area contributed by atoms with Crippen molar-refractivity contribution in [3.05, 3.63) is 62.1 Å². The maximum absolute atomic E-state index is 13.3. The van der Waals surface area contributed by atoms with E-state index in [2.05, 4.69) is 46.9 Å². The number of hydrogen-bond acceptors (Lipinski definition) is 4. The first-order valence-electron chi connectivity index (χ1n) is 10.7. The number of halogens is 2. The monoisotopic (exact) mass is 529 g/mol. The number of fused-ring (bicyclic) bond motifs is 1. The molecule has 1 saturated heterocycles. The van der Waals surface area contributed by atoms with E-state index in [1.165, 1.54) is 6.08 Å². The summed E-state index contributed by atoms with van der Waals surface area (Å²) in [6, 6.07) is 8.25. The fourth-order valence-corrected chi connectivity index (χ4v) is 5.30. The Morgan fingerprint density at radius 1 is 1.15 bits per heavy atom. The highest BCUT2D eigenvalue weighted by molar-refractivity contribution is 9.10. The molecule has 0 aliphatic carbocycles. The second-order valence-electron chi connectivity index (χ2n) is 9.30. The fourth-order valence-electron chi connectivity index (χ4n) is 4.62. The molecule has 2 aliphatic heterocycles. The van der Waals surface area contributed by atoms with Crippen LogP contribution in [0.25, 0.3) is 6.08 Å². The molecule has 0 radical (unpaired) electrons. The molecule has 2 aromatic carbocycles. The van der Waals surface area contributed by atoms with Crippen molar-refractivity contribution in [1.82, 2.24) is 5.32 Å². The van der Waals surface area contributed by atoms with Crippen LogP contribution < -0.4 is 15.1 Å². The number of benzene rings is 2. The van der Waals surface area contributed by atoms with Gasteiger partial charge in [0, 0.05) is 27.8 Å². The van der Waals surface area contributed by atoms with Crippen molar-refractivity contribution >= 4 is 62.8 Å². The Labute approximate surface area is 206 Å². The molecule has 2 aromatic rings. The van der Waals surface area contributed by atoms with Gasteiger partial charge in [-0.05, 0) is 86.2 Å². The molecule has 0 saturated carbocycles. The number of anilines is 2. The Morgan fingerprint density at radius 3 is 2.52 bits per heavy atom. The van der Waals surface area contributed by atoms with E-state index in [-0.39, 0.29) is 17.0 Å². The third kappa shape index (κ3) is 4.08. The lowest BCUT2D eigenvalue weighted by Crippen LogP contribution is -2.54. The molecule has 172 valence electrons. The quantitative estimate of drug-likeness (QED) is 0.394. The van der Waals surface area contributed by atoms with E-state index < -0.39 is 17.8 Å². The second-order valence-corrected chi connectivity index (χ2v) is 10.6. The van der Waals surface area contributed by atoms with E-state index in [4.69, 9.17) is 11.6 Å². The van der Waals surface area contributed by atoms with Gasteiger partial charge in [-0.3, -0.25) is 14.9 Å². The molecule has 1 atom stereocenters. The number of carbonyl (C=O) groups is 3. The van der Waals surface area contributed by atoms with Crippen LogP contribution in [0.2, 0.25) is 5.02 Å². The van der Waals surface area contributed by atoms with E-state index in [1.807, 2.05) is 19.2 Å². The third-order valence-corrected chi connectivity index (χ3v) is 7.37. The van der Waals surface area contributed by atoms with E-state index in [9.17, 15) is 14.4 Å². The molecule has 0 spiro atoms. The number of nitrogens with zero attached hydrogens (tertiary/aromatic N) is 2. The number of barbiturate groups is 1. The number of imide groups is 2. The maximum atomic E-state index is 13.3. The molecule has 2 heterocycles. The Kier molecular flexibility index (Phi) is 5.91. The van der Waals surface area contributed by atoms with E-state index >= 15 is 0 Å². The number of carbonyl (C=O) groups excluding carboxylic acids is 3. The lowest BCUT2D eigenvalue weighted by Gasteiger charge is -2.45. The molecule has 0 bridgehead atoms. The van der Waals surface area contributed by atoms with Crippen LogP contribution in [0.15, 0.2) is 40.4 Å². The predicted molar refractivity (Wildman–Crippen MR) is 135 cm³/mol. The number of urea groups is 1. The molecule has 0 aromatic heterocycles. The molecule has 0 unspecified atom stereocenters. The molecule has 1 N–H and O–H groups in total. The van der Waals surface area contributed by atoms with Crippen molar-refractivity contribution in [2.75, 3.05) is 16.8 Å². The van der Waals surface area contributed by atoms with Crippen molar-refractivity contribution in [2.24, 2.45) is 0 Å². The number of nitrogens with one attached hydrogen (secondary N) is 1. The number of rotatable bonds is 2. The van der Waals surface area contributed by atoms with Gasteiger partial charge in [0.2, 0.25) is 0 Å². The summed E-state index contributed by atoms with van der Waals surface area (Å²) in [4.78, 5) is 41.7. The van der Waals surface area contributed by atoms with Crippen LogP contribution in [0.4, 0.5) is 16.2 Å². The number of amides is 4. The summed E-state index contributed by atoms with van der Waals surface area (Å²) in [5, 5.41) is 2.71. The molecular weight excluding hydrogens is 506 g/mol. The largest absolute Gasteiger partial charge is 0.369 e. The van der Waals surface area contributed by atoms with Gasteiger partial charge in [0.1, 0.15) is 5.57 Å². The Bertz CT molecular complexity index is 1240. The SMILES string of the molecule is Cc1cc(Br)ccc1N1C(=O)NC(=O)/C(=C\c2cc3c(cc2Cl)N(C)C(C)(C)C[C@@H]3C)C1=O. The topological polar surface area (TPSA) is 69.7 Å². The first-order valence-corrected chi connectivity index (χ1v) is 11.8. The summed E-state index contributed by atoms with van der Waals surface area (Å²) in [6.07, 6.45) is 2.43. The van der Waals surface area contributed by atoms with Crippen molar-refractivity contribution < 1.29 is 14.4 Å². The molecule has 4 amide bonds. The summed E-state index contributed by atoms with van der Waals surface area (Å²) in [7, 11) is 2.04. The highest BCUT2D eigenvalue weighted by atomic mass is 79.9. The predicted octanol–water partition coefficient (Wildman–Crippen LogP) is 5.80. The van der Waals surface area contributed by atoms with Crippen LogP contribution in [-0.2, 0) is 9.59 Å². The zero-order chi connectivity index (χ0) is 24.2. The Balaban J connectivity index is 1.78. The second kappa shape index (κ2) is 8.29. The van der Waals surface area contributed by atoms with Gasteiger partial charge in [0.25, 0.3) is 11.8 Å². The molecule has 1 fully saturated rings. The zero-order valence-electron chi connectivity index (χ0n) is 19.1. The minimum atomic E-state index is -0.776. The van der Waals surface area contributed by atoms with Gasteiger partial charge >= 0.3 is 6.03 Å². The molecule has 2 aliphatic rings. The van der Waals surface area contributed by atoms with E-state index in [0.29, 0.717) is 21.8 Å². The molecule has 4 rings (SSSR count). The average molecular weight is 531 g/mol. The van der Waals surface area contributed by atoms with Crippen molar-refractivity contribution in [3.63, 3.8) is 0 Å². The summed E-state index contributed by atoms with van der Waals surface area (Å²) in [5.41, 5.74) is 3.67. The van der Waals surface area contributed by atoms with Crippen LogP contribution in [0.1, 0.15) is 49.8 Å². The molecule has 8 heteroatoms. The molecule has 6 nitrogen and oxygen atoms in total. The van der Waals surface area contributed by atoms with Gasteiger partial charge in [-0.2, -0.15) is 0 Å². The van der Waals surface area contributed by atoms with E-state index in [1.54, 1.807) is 25.1 Å². The maximum Gasteiger partial charge on any atom is 0.335 e. The Morgan fingerprint density at radius 2 is 1.85 bits per heavy atom. The lowest BCUT2D eigenvalue weighted by molar-refractivity contribution is -0.122. The smallest absolute Gasteiger partial charge is 0.335 e. The standard InChI is InChI=1S/C25H25BrClN3O3/c1-13-8-16(26)6-7-20(13)30-23(32)18(22(31)28-24(30)33)10-15-9-17-14(2)12-25(3,4)29(5)21(17)11-19(15)27/h6-11,14H,12H2,1-5H3,(H,28,31,33)/b18-10+/t14-/m0/s1. The number of aryl methyl sites for hydroxylation is 1. The summed E-state index contributed by atoms with van der Waals surface area (Å²) in [5.74, 6) is -1.15. The fraction of sp³-hybridized carbons (Fsp3) is 0.320. The van der Waals surface area contributed by atoms with Crippen LogP contribution in [0.5, 0.6) is 0 Å². The minimum absolute atomic E-state index is 0.0155. The van der Waals surface area contributed by atoms with Gasteiger partial charge in [-0.25, -0.2) is 9.69 Å². The van der Waals surface area contributed by atoms with Crippen molar-refractivity contribution in [3.8, 4) is 0 Å². The number of hydrogen-bond donors (Lipinski definition) is 1. The highest BCUT2D eigenvalue weighted by Crippen LogP contribution is 2.44. The minimum Gasteiger partial charge on any atom is -0.369 e. The summed E-state index contributed by atoms with van der Waals surface area (Å²) in [6.45, 7) is 8.34. The molecular formula is C25H25BrClN3O3. The van der Waals surface area contributed by atoms with Gasteiger partial charge in [0.05, 0.1) is 5.69 Å². The van der Waals surface area contributed by atoms with Crippen LogP contribution >= 0.6 is 27.5 Å². The lowest BCUT2D eigenvalue weighted by atomic mass is 9.80. The van der Waals surface area contributed by atoms with Gasteiger partial charge < -0.3 is 4.90 Å². The molecule has 33 heavy (non-hydrogen) atoms. The van der Waals surface area contributed by atoms with Gasteiger partial charge in [-0.15, -0.1) is 0 Å². The van der Waals surface area contributed by atoms with Crippen molar-refractivity contribution in [2.45, 2.75) is 45.6 Å². The van der Waals surface area contributed by atoms with Crippen LogP contribution in [0.3, 0.4) is 0 Å². The van der Waals surface area contributed by atoms with Gasteiger partial charge in [-0.1, -0.05) is 34.5 Å². The first kappa shape index (κ1) is 23.5.